The number of ether oxygens (including phenoxy) is 3. The number of urea groups is 1. The van der Waals surface area contributed by atoms with Crippen LogP contribution in [0, 0.1) is 5.92 Å². The minimum absolute atomic E-state index is 0.0419. The number of H-pyrrole nitrogens is 3. The molecule has 0 bridgehead atoms. The minimum atomic E-state index is -0.728. The van der Waals surface area contributed by atoms with Crippen molar-refractivity contribution in [3.05, 3.63) is 69.4 Å². The van der Waals surface area contributed by atoms with E-state index in [4.69, 9.17) is 19.9 Å². The molecule has 2 aromatic carbocycles. The van der Waals surface area contributed by atoms with E-state index in [1.165, 1.54) is 37.2 Å². The summed E-state index contributed by atoms with van der Waals surface area (Å²) in [6.45, 7) is 0.812. The molecule has 2 aliphatic carbocycles. The van der Waals surface area contributed by atoms with Gasteiger partial charge in [-0.2, -0.15) is 0 Å². The zero-order valence-electron chi connectivity index (χ0n) is 29.7. The molecule has 4 amide bonds. The van der Waals surface area contributed by atoms with Crippen LogP contribution in [0.1, 0.15) is 65.1 Å². The molecular formula is C38H33N7O10. The van der Waals surface area contributed by atoms with Crippen molar-refractivity contribution in [1.29, 1.82) is 0 Å². The topological polar surface area (TPSA) is 237 Å². The van der Waals surface area contributed by atoms with Gasteiger partial charge in [-0.05, 0) is 60.1 Å². The van der Waals surface area contributed by atoms with E-state index < -0.39 is 23.3 Å². The van der Waals surface area contributed by atoms with E-state index in [0.29, 0.717) is 69.3 Å². The van der Waals surface area contributed by atoms with E-state index in [1.807, 2.05) is 0 Å². The number of nitrogens with two attached hydrogens (primary N) is 1. The zero-order chi connectivity index (χ0) is 38.4. The predicted molar refractivity (Wildman–Crippen MR) is 194 cm³/mol. The fraction of sp³-hybridized carbons (Fsp3) is 0.289. The third-order valence-corrected chi connectivity index (χ3v) is 12.0. The van der Waals surface area contributed by atoms with Gasteiger partial charge in [0.25, 0.3) is 11.8 Å². The molecule has 5 aliphatic rings. The Morgan fingerprint density at radius 2 is 1.36 bits per heavy atom. The van der Waals surface area contributed by atoms with Gasteiger partial charge in [0.15, 0.2) is 23.0 Å². The fourth-order valence-electron chi connectivity index (χ4n) is 9.54. The zero-order valence-corrected chi connectivity index (χ0v) is 29.7. The maximum Gasteiger partial charge on any atom is 0.354 e. The lowest BCUT2D eigenvalue weighted by Crippen LogP contribution is -2.34. The molecule has 17 nitrogen and oxygen atoms in total. The number of carbonyl (C=O) groups excluding carboxylic acids is 5. The highest BCUT2D eigenvalue weighted by molar-refractivity contribution is 6.15. The minimum Gasteiger partial charge on any atom is -0.503 e. The number of esters is 1. The number of fused-ring (bicyclic) bond motifs is 7. The van der Waals surface area contributed by atoms with Crippen molar-refractivity contribution in [3.8, 4) is 23.0 Å². The summed E-state index contributed by atoms with van der Waals surface area (Å²) in [5, 5.41) is 23.9. The Balaban J connectivity index is 1.01. The van der Waals surface area contributed by atoms with Crippen molar-refractivity contribution in [2.24, 2.45) is 11.7 Å². The number of amides is 4. The third kappa shape index (κ3) is 4.03. The van der Waals surface area contributed by atoms with Crippen LogP contribution in [-0.4, -0.2) is 101 Å². The van der Waals surface area contributed by atoms with Crippen LogP contribution in [0.2, 0.25) is 0 Å². The molecule has 6 heterocycles. The first-order valence-corrected chi connectivity index (χ1v) is 17.6. The standard InChI is InChI=1S/C38H33N7O10/c1-53-32-25-17(9-21(41-25)35(50)45-13-14-12-38(14)19-10-22(36(51)55-3)42-27(19)23(46)11-24(38)45)15-4-6-43(28(15)30(32)47)34(49)20-8-18-16-5-7-44(37(39)52)29(16)31(48)33(54-2)26(18)40-20/h8-11,14,40-42,47-48H,4-7,12-13H2,1-3H3,(H2,39,52)/t14-,38-/m0/s1. The highest BCUT2D eigenvalue weighted by Gasteiger charge is 2.68. The monoisotopic (exact) mass is 747 g/mol. The second-order valence-corrected chi connectivity index (χ2v) is 14.5. The molecule has 2 atom stereocenters. The van der Waals surface area contributed by atoms with Gasteiger partial charge in [-0.3, -0.25) is 19.3 Å². The molecule has 280 valence electrons. The summed E-state index contributed by atoms with van der Waals surface area (Å²) >= 11 is 0. The lowest BCUT2D eigenvalue weighted by atomic mass is 9.85. The van der Waals surface area contributed by atoms with Crippen LogP contribution >= 0.6 is 0 Å². The summed E-state index contributed by atoms with van der Waals surface area (Å²) < 4.78 is 16.0. The number of rotatable bonds is 5. The second-order valence-electron chi connectivity index (χ2n) is 14.5. The number of ketones is 1. The molecule has 1 spiro atoms. The van der Waals surface area contributed by atoms with Crippen molar-refractivity contribution >= 4 is 62.8 Å². The Morgan fingerprint density at radius 3 is 1.93 bits per heavy atom. The first-order chi connectivity index (χ1) is 26.4. The SMILES string of the molecule is COC(=O)c1cc2c([nH]1)C(=O)C=C1N(C(=O)c3cc4c5c(c(O)c(OC)c4[nH]3)N(C(=O)c3cc4c6c(c(O)c(OC)c4[nH]3)N(C(N)=O)CC6)CC5)C[C@@H]3C[C@@]123. The molecule has 3 aliphatic heterocycles. The summed E-state index contributed by atoms with van der Waals surface area (Å²) in [7, 11) is 4.01. The van der Waals surface area contributed by atoms with Crippen LogP contribution in [0.25, 0.3) is 21.8 Å². The highest BCUT2D eigenvalue weighted by Crippen LogP contribution is 2.67. The lowest BCUT2D eigenvalue weighted by molar-refractivity contribution is 0.0594. The van der Waals surface area contributed by atoms with Gasteiger partial charge in [-0.1, -0.05) is 0 Å². The number of aromatic hydroxyl groups is 2. The van der Waals surface area contributed by atoms with E-state index in [2.05, 4.69) is 15.0 Å². The largest absolute Gasteiger partial charge is 0.503 e. The number of nitrogens with one attached hydrogen (secondary N) is 3. The lowest BCUT2D eigenvalue weighted by Gasteiger charge is -2.27. The molecule has 1 saturated heterocycles. The van der Waals surface area contributed by atoms with E-state index in [1.54, 1.807) is 23.1 Å². The molecule has 2 fully saturated rings. The van der Waals surface area contributed by atoms with Crippen LogP contribution in [0.15, 0.2) is 30.0 Å². The van der Waals surface area contributed by atoms with Crippen molar-refractivity contribution in [2.75, 3.05) is 50.8 Å². The number of allylic oxidation sites excluding steroid dienone is 2. The molecule has 3 aromatic heterocycles. The number of anilines is 2. The number of primary amides is 1. The van der Waals surface area contributed by atoms with E-state index in [-0.39, 0.29) is 82.2 Å². The van der Waals surface area contributed by atoms with Crippen molar-refractivity contribution in [3.63, 3.8) is 0 Å². The number of nitrogens with zero attached hydrogens (tertiary/aromatic N) is 3. The molecule has 0 unspecified atom stereocenters. The Bertz CT molecular complexity index is 2700. The molecule has 5 aromatic rings. The van der Waals surface area contributed by atoms with E-state index in [0.717, 1.165) is 6.42 Å². The Hall–Kier alpha value is -6.91. The average molecular weight is 748 g/mol. The van der Waals surface area contributed by atoms with Crippen LogP contribution in [0.3, 0.4) is 0 Å². The first-order valence-electron chi connectivity index (χ1n) is 17.6. The predicted octanol–water partition coefficient (Wildman–Crippen LogP) is 3.33. The van der Waals surface area contributed by atoms with Crippen LogP contribution in [-0.2, 0) is 23.0 Å². The number of likely N-dealkylation sites (tertiary alicyclic amines) is 1. The van der Waals surface area contributed by atoms with E-state index in [9.17, 15) is 34.2 Å². The van der Waals surface area contributed by atoms with Gasteiger partial charge in [-0.15, -0.1) is 0 Å². The van der Waals surface area contributed by atoms with E-state index >= 15 is 0 Å². The van der Waals surface area contributed by atoms with Crippen molar-refractivity contribution in [2.45, 2.75) is 24.7 Å². The van der Waals surface area contributed by atoms with Crippen LogP contribution in [0.4, 0.5) is 16.2 Å². The summed E-state index contributed by atoms with van der Waals surface area (Å²) in [6.07, 6.45) is 2.93. The van der Waals surface area contributed by atoms with Gasteiger partial charge in [0, 0.05) is 47.6 Å². The van der Waals surface area contributed by atoms with Gasteiger partial charge in [0.1, 0.15) is 17.1 Å². The van der Waals surface area contributed by atoms with Gasteiger partial charge in [-0.25, -0.2) is 9.59 Å². The average Bonchev–Trinajstić information content (AvgIpc) is 3.91. The number of hydrogen-bond donors (Lipinski definition) is 6. The number of methoxy groups -OCH3 is 3. The molecule has 0 radical (unpaired) electrons. The van der Waals surface area contributed by atoms with Gasteiger partial charge in [0.2, 0.25) is 5.78 Å². The highest BCUT2D eigenvalue weighted by atomic mass is 16.5. The van der Waals surface area contributed by atoms with Gasteiger partial charge >= 0.3 is 12.0 Å². The van der Waals surface area contributed by atoms with Crippen molar-refractivity contribution < 1.29 is 48.4 Å². The van der Waals surface area contributed by atoms with Gasteiger partial charge < -0.3 is 54.9 Å². The summed E-state index contributed by atoms with van der Waals surface area (Å²) in [5.41, 5.74) is 9.57. The number of aromatic amines is 3. The third-order valence-electron chi connectivity index (χ3n) is 12.0. The number of benzene rings is 2. The van der Waals surface area contributed by atoms with Crippen LogP contribution < -0.4 is 25.0 Å². The number of phenolic OH excluding ortho intramolecular Hbond substituents is 2. The number of aromatic nitrogens is 3. The first kappa shape index (κ1) is 32.7. The van der Waals surface area contributed by atoms with Crippen LogP contribution in [0.5, 0.6) is 23.0 Å². The Kier molecular flexibility index (Phi) is 6.44. The van der Waals surface area contributed by atoms with Gasteiger partial charge in [0.05, 0.1) is 49.4 Å². The normalized spacial score (nSPS) is 20.3. The number of carbonyl (C=O) groups is 5. The second kappa shape index (κ2) is 10.8. The Morgan fingerprint density at radius 1 is 0.800 bits per heavy atom. The molecular weight excluding hydrogens is 714 g/mol. The number of piperidine rings is 1. The quantitative estimate of drug-likeness (QED) is 0.143. The summed E-state index contributed by atoms with van der Waals surface area (Å²) in [6, 6.07) is 4.23. The Labute approximate surface area is 310 Å². The maximum atomic E-state index is 14.3. The number of phenols is 2. The summed E-state index contributed by atoms with van der Waals surface area (Å²) in [4.78, 5) is 79.7. The molecule has 55 heavy (non-hydrogen) atoms. The number of hydrogen-bond acceptors (Lipinski definition) is 10. The fourth-order valence-corrected chi connectivity index (χ4v) is 9.54. The summed E-state index contributed by atoms with van der Waals surface area (Å²) in [5.74, 6) is -2.21. The maximum absolute atomic E-state index is 14.3. The molecule has 7 N–H and O–H groups in total. The smallest absolute Gasteiger partial charge is 0.354 e. The molecule has 1 saturated carbocycles. The van der Waals surface area contributed by atoms with Crippen molar-refractivity contribution in [1.82, 2.24) is 19.9 Å². The molecule has 10 rings (SSSR count). The molecule has 17 heteroatoms.